The molecule has 0 amide bonds. The predicted octanol–water partition coefficient (Wildman–Crippen LogP) is 4.64. The van der Waals surface area contributed by atoms with Crippen LogP contribution in [0.25, 0.3) is 0 Å². The molecule has 140 valence electrons. The van der Waals surface area contributed by atoms with E-state index in [2.05, 4.69) is 10.2 Å². The van der Waals surface area contributed by atoms with Crippen LogP contribution in [-0.2, 0) is 13.7 Å². The third-order valence-corrected chi connectivity index (χ3v) is 5.39. The molecule has 0 atom stereocenters. The molecule has 0 fully saturated rings. The number of aromatic nitrogens is 3. The normalized spacial score (nSPS) is 10.8. The summed E-state index contributed by atoms with van der Waals surface area (Å²) in [5, 5.41) is 9.67. The Balaban J connectivity index is 1.60. The molecule has 0 bridgehead atoms. The van der Waals surface area contributed by atoms with Crippen molar-refractivity contribution in [3.63, 3.8) is 0 Å². The van der Waals surface area contributed by atoms with Crippen molar-refractivity contribution in [1.29, 1.82) is 0 Å². The van der Waals surface area contributed by atoms with Crippen molar-refractivity contribution in [2.24, 2.45) is 7.05 Å². The van der Waals surface area contributed by atoms with Gasteiger partial charge in [0.15, 0.2) is 16.8 Å². The van der Waals surface area contributed by atoms with E-state index in [9.17, 15) is 4.79 Å². The first-order valence-electron chi connectivity index (χ1n) is 8.44. The zero-order valence-corrected chi connectivity index (χ0v) is 17.0. The number of halogens is 1. The number of aryl methyl sites for hydroxylation is 2. The fraction of sp³-hybridized carbons (Fsp3) is 0.250. The molecule has 2 aromatic carbocycles. The number of hydrogen-bond donors (Lipinski definition) is 0. The van der Waals surface area contributed by atoms with E-state index in [1.165, 1.54) is 11.8 Å². The largest absolute Gasteiger partial charge is 0.486 e. The van der Waals surface area contributed by atoms with Gasteiger partial charge in [-0.3, -0.25) is 4.79 Å². The van der Waals surface area contributed by atoms with Gasteiger partial charge in [-0.15, -0.1) is 10.2 Å². The van der Waals surface area contributed by atoms with Gasteiger partial charge in [0.05, 0.1) is 5.75 Å². The molecule has 0 unspecified atom stereocenters. The first-order chi connectivity index (χ1) is 12.9. The summed E-state index contributed by atoms with van der Waals surface area (Å²) in [5.74, 6) is 1.79. The van der Waals surface area contributed by atoms with Crippen molar-refractivity contribution in [2.45, 2.75) is 25.6 Å². The minimum absolute atomic E-state index is 0.0828. The smallest absolute Gasteiger partial charge is 0.191 e. The van der Waals surface area contributed by atoms with Gasteiger partial charge in [-0.1, -0.05) is 47.1 Å². The highest BCUT2D eigenvalue weighted by atomic mass is 35.5. The van der Waals surface area contributed by atoms with E-state index in [0.29, 0.717) is 27.5 Å². The fourth-order valence-corrected chi connectivity index (χ4v) is 3.55. The number of ketones is 1. The summed E-state index contributed by atoms with van der Waals surface area (Å²) in [6, 6.07) is 13.0. The number of carbonyl (C=O) groups excluding carboxylic acids is 1. The van der Waals surface area contributed by atoms with Crippen LogP contribution in [0, 0.1) is 13.8 Å². The lowest BCUT2D eigenvalue weighted by Gasteiger charge is -2.07. The first kappa shape index (κ1) is 19.5. The lowest BCUT2D eigenvalue weighted by Crippen LogP contribution is -2.07. The minimum Gasteiger partial charge on any atom is -0.486 e. The number of Topliss-reactive ketones (excluding diaryl/α,β-unsaturated/α-hetero) is 1. The summed E-state index contributed by atoms with van der Waals surface area (Å²) >= 11 is 7.24. The lowest BCUT2D eigenvalue weighted by atomic mass is 10.0. The van der Waals surface area contributed by atoms with E-state index in [1.807, 2.05) is 43.7 Å². The number of benzene rings is 2. The number of ether oxygens (including phenoxy) is 1. The molecule has 27 heavy (non-hydrogen) atoms. The third-order valence-electron chi connectivity index (χ3n) is 4.12. The molecule has 1 heterocycles. The molecule has 0 spiro atoms. The molecule has 5 nitrogen and oxygen atoms in total. The van der Waals surface area contributed by atoms with Gasteiger partial charge >= 0.3 is 0 Å². The maximum absolute atomic E-state index is 12.5. The second-order valence-corrected chi connectivity index (χ2v) is 7.61. The molecule has 0 aliphatic heterocycles. The summed E-state index contributed by atoms with van der Waals surface area (Å²) in [6.45, 7) is 4.26. The second kappa shape index (κ2) is 8.59. The average Bonchev–Trinajstić information content (AvgIpc) is 2.99. The van der Waals surface area contributed by atoms with Gasteiger partial charge in [-0.05, 0) is 43.7 Å². The predicted molar refractivity (Wildman–Crippen MR) is 108 cm³/mol. The molecule has 3 aromatic rings. The Bertz CT molecular complexity index is 954. The van der Waals surface area contributed by atoms with Crippen LogP contribution in [-0.4, -0.2) is 26.3 Å². The summed E-state index contributed by atoms with van der Waals surface area (Å²) < 4.78 is 7.55. The SMILES string of the molecule is Cc1ccc(C(=O)CSc2nnc(COc3ccc(Cl)cc3)n2C)c(C)c1. The highest BCUT2D eigenvalue weighted by Crippen LogP contribution is 2.21. The molecule has 0 saturated heterocycles. The molecule has 0 radical (unpaired) electrons. The van der Waals surface area contributed by atoms with Crippen LogP contribution >= 0.6 is 23.4 Å². The van der Waals surface area contributed by atoms with Gasteiger partial charge in [0, 0.05) is 17.6 Å². The molecule has 0 saturated carbocycles. The molecular formula is C20H20ClN3O2S. The fourth-order valence-electron chi connectivity index (χ4n) is 2.61. The van der Waals surface area contributed by atoms with Crippen LogP contribution in [0.2, 0.25) is 5.02 Å². The monoisotopic (exact) mass is 401 g/mol. The topological polar surface area (TPSA) is 57.0 Å². The molecule has 0 N–H and O–H groups in total. The number of hydrogen-bond acceptors (Lipinski definition) is 5. The van der Waals surface area contributed by atoms with E-state index < -0.39 is 0 Å². The Morgan fingerprint density at radius 2 is 1.89 bits per heavy atom. The standard InChI is InChI=1S/C20H20ClN3O2S/c1-13-4-9-17(14(2)10-13)18(25)12-27-20-23-22-19(24(20)3)11-26-16-7-5-15(21)6-8-16/h4-10H,11-12H2,1-3H3. The van der Waals surface area contributed by atoms with Crippen molar-refractivity contribution >= 4 is 29.1 Å². The van der Waals surface area contributed by atoms with Crippen molar-refractivity contribution in [2.75, 3.05) is 5.75 Å². The van der Waals surface area contributed by atoms with E-state index in [1.54, 1.807) is 24.3 Å². The molecule has 0 aliphatic carbocycles. The Morgan fingerprint density at radius 1 is 1.15 bits per heavy atom. The van der Waals surface area contributed by atoms with Crippen LogP contribution < -0.4 is 4.74 Å². The molecule has 7 heteroatoms. The van der Waals surface area contributed by atoms with Gasteiger partial charge < -0.3 is 9.30 Å². The van der Waals surface area contributed by atoms with E-state index >= 15 is 0 Å². The van der Waals surface area contributed by atoms with Gasteiger partial charge in [-0.2, -0.15) is 0 Å². The van der Waals surface area contributed by atoms with Crippen LogP contribution in [0.15, 0.2) is 47.6 Å². The van der Waals surface area contributed by atoms with Crippen LogP contribution in [0.1, 0.15) is 27.3 Å². The Kier molecular flexibility index (Phi) is 6.19. The highest BCUT2D eigenvalue weighted by Gasteiger charge is 2.14. The summed E-state index contributed by atoms with van der Waals surface area (Å²) in [6.07, 6.45) is 0. The maximum Gasteiger partial charge on any atom is 0.191 e. The first-order valence-corrected chi connectivity index (χ1v) is 9.80. The molecular weight excluding hydrogens is 382 g/mol. The lowest BCUT2D eigenvalue weighted by molar-refractivity contribution is 0.102. The maximum atomic E-state index is 12.5. The van der Waals surface area contributed by atoms with Crippen molar-refractivity contribution in [3.8, 4) is 5.75 Å². The minimum atomic E-state index is 0.0828. The summed E-state index contributed by atoms with van der Waals surface area (Å²) in [5.41, 5.74) is 2.90. The Morgan fingerprint density at radius 3 is 2.59 bits per heavy atom. The number of rotatable bonds is 7. The van der Waals surface area contributed by atoms with Crippen molar-refractivity contribution in [1.82, 2.24) is 14.8 Å². The second-order valence-electron chi connectivity index (χ2n) is 6.23. The van der Waals surface area contributed by atoms with Crippen molar-refractivity contribution in [3.05, 3.63) is 70.0 Å². The van der Waals surface area contributed by atoms with Crippen LogP contribution in [0.4, 0.5) is 0 Å². The third kappa shape index (κ3) is 4.90. The Hall–Kier alpha value is -2.31. The van der Waals surface area contributed by atoms with Gasteiger partial charge in [-0.25, -0.2) is 0 Å². The van der Waals surface area contributed by atoms with Gasteiger partial charge in [0.1, 0.15) is 12.4 Å². The Labute approximate surface area is 167 Å². The van der Waals surface area contributed by atoms with E-state index in [-0.39, 0.29) is 12.4 Å². The van der Waals surface area contributed by atoms with Crippen molar-refractivity contribution < 1.29 is 9.53 Å². The van der Waals surface area contributed by atoms with Crippen LogP contribution in [0.3, 0.4) is 0 Å². The van der Waals surface area contributed by atoms with Gasteiger partial charge in [0.2, 0.25) is 0 Å². The van der Waals surface area contributed by atoms with E-state index in [4.69, 9.17) is 16.3 Å². The zero-order valence-electron chi connectivity index (χ0n) is 15.4. The average molecular weight is 402 g/mol. The van der Waals surface area contributed by atoms with Gasteiger partial charge in [0.25, 0.3) is 0 Å². The molecule has 3 rings (SSSR count). The molecule has 1 aromatic heterocycles. The highest BCUT2D eigenvalue weighted by molar-refractivity contribution is 7.99. The number of nitrogens with zero attached hydrogens (tertiary/aromatic N) is 3. The quantitative estimate of drug-likeness (QED) is 0.426. The number of thioether (sulfide) groups is 1. The summed E-state index contributed by atoms with van der Waals surface area (Å²) in [7, 11) is 1.87. The van der Waals surface area contributed by atoms with Crippen LogP contribution in [0.5, 0.6) is 5.75 Å². The number of carbonyl (C=O) groups is 1. The zero-order chi connectivity index (χ0) is 19.4. The summed E-state index contributed by atoms with van der Waals surface area (Å²) in [4.78, 5) is 12.5. The van der Waals surface area contributed by atoms with E-state index in [0.717, 1.165) is 16.7 Å². The molecule has 0 aliphatic rings.